The van der Waals surface area contributed by atoms with E-state index in [1.54, 1.807) is 18.0 Å². The molecule has 3 aromatic heterocycles. The predicted molar refractivity (Wildman–Crippen MR) is 249 cm³/mol. The van der Waals surface area contributed by atoms with E-state index >= 15 is 0 Å². The van der Waals surface area contributed by atoms with Gasteiger partial charge in [0.15, 0.2) is 11.2 Å². The molecule has 5 N–H and O–H groups in total. The average Bonchev–Trinajstić information content (AvgIpc) is 3.90. The van der Waals surface area contributed by atoms with E-state index in [2.05, 4.69) is 38.5 Å². The number of likely N-dealkylation sites (N-methyl/N-ethyl adjacent to an activating group) is 2. The van der Waals surface area contributed by atoms with Gasteiger partial charge in [0.25, 0.3) is 6.01 Å². The van der Waals surface area contributed by atoms with Crippen LogP contribution in [0, 0.1) is 0 Å². The molecule has 67 heavy (non-hydrogen) atoms. The number of amides is 2. The van der Waals surface area contributed by atoms with Gasteiger partial charge in [-0.2, -0.15) is 10.1 Å². The Morgan fingerprint density at radius 2 is 1.37 bits per heavy atom. The van der Waals surface area contributed by atoms with Crippen LogP contribution in [-0.2, 0) is 67.0 Å². The van der Waals surface area contributed by atoms with Crippen molar-refractivity contribution in [3.63, 3.8) is 0 Å². The summed E-state index contributed by atoms with van der Waals surface area (Å²) in [7, 11) is 3.63. The van der Waals surface area contributed by atoms with Gasteiger partial charge in [-0.25, -0.2) is 14.6 Å². The lowest BCUT2D eigenvalue weighted by molar-refractivity contribution is -0.133. The Kier molecular flexibility index (Phi) is 21.4. The lowest BCUT2D eigenvalue weighted by atomic mass is 9.97. The summed E-state index contributed by atoms with van der Waals surface area (Å²) in [6.45, 7) is 10.1. The first-order valence-corrected chi connectivity index (χ1v) is 22.8. The molecule has 2 aromatic carbocycles. The van der Waals surface area contributed by atoms with E-state index in [4.69, 9.17) is 58.9 Å². The highest BCUT2D eigenvalue weighted by atomic mass is 16.6. The maximum absolute atomic E-state index is 13.1. The largest absolute Gasteiger partial charge is 0.424 e. The van der Waals surface area contributed by atoms with Crippen LogP contribution in [0.4, 0.5) is 11.8 Å². The third-order valence-corrected chi connectivity index (χ3v) is 10.8. The quantitative estimate of drug-likeness (QED) is 0.0511. The molecule has 0 unspecified atom stereocenters. The molecule has 6 rings (SSSR count). The van der Waals surface area contributed by atoms with Gasteiger partial charge in [-0.15, -0.1) is 0 Å². The van der Waals surface area contributed by atoms with Gasteiger partial charge in [0.05, 0.1) is 130 Å². The Labute approximate surface area is 390 Å². The number of rotatable bonds is 33. The normalized spacial score (nSPS) is 12.7. The Bertz CT molecular complexity index is 2270. The molecule has 0 aliphatic carbocycles. The second-order valence-electron chi connectivity index (χ2n) is 15.7. The van der Waals surface area contributed by atoms with Crippen molar-refractivity contribution in [1.29, 1.82) is 0 Å². The summed E-state index contributed by atoms with van der Waals surface area (Å²) in [5.74, 6) is 0.385. The first-order valence-electron chi connectivity index (χ1n) is 22.8. The van der Waals surface area contributed by atoms with Gasteiger partial charge in [0.1, 0.15) is 23.4 Å². The van der Waals surface area contributed by atoms with Crippen LogP contribution in [0.15, 0.2) is 47.1 Å². The predicted octanol–water partition coefficient (Wildman–Crippen LogP) is 2.32. The van der Waals surface area contributed by atoms with Crippen molar-refractivity contribution in [3.05, 3.63) is 59.4 Å². The Hall–Kier alpha value is -5.36. The zero-order valence-corrected chi connectivity index (χ0v) is 38.8. The molecule has 2 amide bonds. The summed E-state index contributed by atoms with van der Waals surface area (Å²) in [6, 6.07) is 12.0. The van der Waals surface area contributed by atoms with Crippen LogP contribution in [0.5, 0.6) is 0 Å². The molecule has 4 heterocycles. The fraction of sp³-hybridized carbons (Fsp3) is 0.565. The molecule has 21 heteroatoms. The Balaban J connectivity index is 0.750. The molecule has 1 aliphatic rings. The number of carbonyl (C=O) groups is 2. The van der Waals surface area contributed by atoms with Crippen LogP contribution in [0.3, 0.4) is 0 Å². The van der Waals surface area contributed by atoms with Gasteiger partial charge in [0.2, 0.25) is 11.8 Å². The van der Waals surface area contributed by atoms with Gasteiger partial charge in [-0.05, 0) is 48.4 Å². The van der Waals surface area contributed by atoms with Gasteiger partial charge in [0, 0.05) is 38.8 Å². The number of aromatic nitrogens is 5. The summed E-state index contributed by atoms with van der Waals surface area (Å²) in [5.41, 5.74) is 18.8. The number of benzene rings is 2. The molecule has 0 fully saturated rings. The van der Waals surface area contributed by atoms with E-state index in [0.29, 0.717) is 178 Å². The smallest absolute Gasteiger partial charge is 0.292 e. The van der Waals surface area contributed by atoms with Crippen molar-refractivity contribution in [2.24, 2.45) is 0 Å². The second kappa shape index (κ2) is 28.1. The molecule has 1 aliphatic heterocycles. The topological polar surface area (TPSA) is 248 Å². The minimum absolute atomic E-state index is 0.00821. The first-order chi connectivity index (χ1) is 32.8. The van der Waals surface area contributed by atoms with Crippen LogP contribution < -0.4 is 16.8 Å². The third-order valence-electron chi connectivity index (χ3n) is 10.8. The highest BCUT2D eigenvalue weighted by Gasteiger charge is 2.22. The van der Waals surface area contributed by atoms with Crippen LogP contribution >= 0.6 is 0 Å². The van der Waals surface area contributed by atoms with E-state index in [-0.39, 0.29) is 17.8 Å². The lowest BCUT2D eigenvalue weighted by Crippen LogP contribution is -2.36. The number of anilines is 2. The zero-order chi connectivity index (χ0) is 47.1. The average molecular weight is 935 g/mol. The third kappa shape index (κ3) is 16.4. The van der Waals surface area contributed by atoms with Crippen molar-refractivity contribution < 1.29 is 51.9 Å². The summed E-state index contributed by atoms with van der Waals surface area (Å²) in [5, 5.41) is 8.60. The number of nitrogens with zero attached hydrogens (tertiary/aromatic N) is 7. The number of nitrogen functional groups attached to an aromatic ring is 2. The van der Waals surface area contributed by atoms with Crippen molar-refractivity contribution in [1.82, 2.24) is 39.8 Å². The van der Waals surface area contributed by atoms with Crippen molar-refractivity contribution in [3.8, 4) is 11.3 Å². The molecule has 0 atom stereocenters. The fourth-order valence-electron chi connectivity index (χ4n) is 7.22. The van der Waals surface area contributed by atoms with Crippen molar-refractivity contribution >= 4 is 45.8 Å². The van der Waals surface area contributed by atoms with Gasteiger partial charge in [-0.3, -0.25) is 9.59 Å². The number of hydrogen-bond acceptors (Lipinski definition) is 18. The summed E-state index contributed by atoms with van der Waals surface area (Å²) >= 11 is 0. The number of ether oxygens (including phenoxy) is 8. The molecule has 0 saturated heterocycles. The van der Waals surface area contributed by atoms with Crippen LogP contribution in [0.2, 0.25) is 0 Å². The molecule has 0 bridgehead atoms. The maximum Gasteiger partial charge on any atom is 0.292 e. The number of carbonyl (C=O) groups excluding carboxylic acids is 2. The molecule has 366 valence electrons. The van der Waals surface area contributed by atoms with Crippen LogP contribution in [0.25, 0.3) is 33.4 Å². The first kappa shape index (κ1) is 51.0. The lowest BCUT2D eigenvalue weighted by Gasteiger charge is -2.29. The van der Waals surface area contributed by atoms with E-state index in [9.17, 15) is 9.59 Å². The maximum atomic E-state index is 13.1. The minimum atomic E-state index is -0.00821. The molecular formula is C46H66N10O11. The van der Waals surface area contributed by atoms with E-state index in [1.807, 2.05) is 28.8 Å². The monoisotopic (exact) mass is 934 g/mol. The molecule has 21 nitrogen and oxygen atoms in total. The van der Waals surface area contributed by atoms with Gasteiger partial charge >= 0.3 is 0 Å². The highest BCUT2D eigenvalue weighted by Crippen LogP contribution is 2.33. The SMILES string of the molecule is CNCCOCCOCCOCCOCCC(=O)N(C)CCOCCOCCOCCOCCC(=O)N1CCc2cc(Cn3nc(-c4ccc5oc(N)nc5c4)c4c(N)ncnc43)ccc2C1. The number of nitrogens with one attached hydrogen (secondary N) is 1. The van der Waals surface area contributed by atoms with E-state index in [1.165, 1.54) is 11.9 Å². The van der Waals surface area contributed by atoms with Crippen LogP contribution in [-0.4, -0.2) is 186 Å². The summed E-state index contributed by atoms with van der Waals surface area (Å²) < 4.78 is 51.5. The van der Waals surface area contributed by atoms with Crippen LogP contribution in [0.1, 0.15) is 29.5 Å². The molecule has 0 spiro atoms. The van der Waals surface area contributed by atoms with Gasteiger partial charge in [-0.1, -0.05) is 18.2 Å². The molecule has 0 radical (unpaired) electrons. The van der Waals surface area contributed by atoms with Crippen molar-refractivity contribution in [2.75, 3.05) is 151 Å². The molecule has 5 aromatic rings. The molecule has 0 saturated carbocycles. The number of fused-ring (bicyclic) bond motifs is 3. The number of oxazole rings is 1. The minimum Gasteiger partial charge on any atom is -0.424 e. The van der Waals surface area contributed by atoms with E-state index in [0.717, 1.165) is 29.7 Å². The fourth-order valence-corrected chi connectivity index (χ4v) is 7.22. The zero-order valence-electron chi connectivity index (χ0n) is 38.8. The standard InChI is InChI=1S/C46H66N10O11/c1-49-10-15-61-19-23-65-27-25-63-21-17-59-13-8-40(57)54(2)12-16-62-20-24-66-28-26-64-22-18-60-14-9-41(58)55-11-7-35-29-34(3-4-37(35)32-55)31-56-45-42(44(47)50-33-51-45)43(53-56)36-5-6-39-38(30-36)52-46(48)67-39/h3-6,29-30,33,49H,7-28,31-32H2,1-2H3,(H2,48,52)(H2,47,50,51). The number of nitrogens with two attached hydrogens (primary N) is 2. The highest BCUT2D eigenvalue weighted by molar-refractivity contribution is 5.99. The summed E-state index contributed by atoms with van der Waals surface area (Å²) in [4.78, 5) is 41.9. The second-order valence-corrected chi connectivity index (χ2v) is 15.7. The molecular weight excluding hydrogens is 869 g/mol. The number of hydrogen-bond donors (Lipinski definition) is 3. The Morgan fingerprint density at radius 1 is 0.746 bits per heavy atom. The Morgan fingerprint density at radius 3 is 2.04 bits per heavy atom. The van der Waals surface area contributed by atoms with Gasteiger partial charge < -0.3 is 68.9 Å². The summed E-state index contributed by atoms with van der Waals surface area (Å²) in [6.07, 6.45) is 2.78. The van der Waals surface area contributed by atoms with Crippen molar-refractivity contribution in [2.45, 2.75) is 32.4 Å². The van der Waals surface area contributed by atoms with E-state index < -0.39 is 0 Å².